The molecule has 0 amide bonds. The van der Waals surface area contributed by atoms with Crippen LogP contribution in [0.1, 0.15) is 19.7 Å². The van der Waals surface area contributed by atoms with Crippen molar-refractivity contribution >= 4 is 17.7 Å². The molecule has 1 aromatic heterocycles. The van der Waals surface area contributed by atoms with Crippen molar-refractivity contribution in [3.63, 3.8) is 0 Å². The third-order valence-corrected chi connectivity index (χ3v) is 2.36. The van der Waals surface area contributed by atoms with Gasteiger partial charge in [0.15, 0.2) is 0 Å². The quantitative estimate of drug-likeness (QED) is 0.564. The second-order valence-electron chi connectivity index (χ2n) is 3.42. The third kappa shape index (κ3) is 4.33. The molecule has 1 rings (SSSR count). The van der Waals surface area contributed by atoms with Gasteiger partial charge in [0.1, 0.15) is 5.75 Å². The van der Waals surface area contributed by atoms with Gasteiger partial charge in [-0.1, -0.05) is 25.6 Å². The number of hydrogen-bond donors (Lipinski definition) is 0. The number of thioether (sulfide) groups is 1. The van der Waals surface area contributed by atoms with Crippen LogP contribution in [0.3, 0.4) is 0 Å². The summed E-state index contributed by atoms with van der Waals surface area (Å²) in [6.45, 7) is 4.15. The van der Waals surface area contributed by atoms with E-state index in [4.69, 9.17) is 4.42 Å². The minimum Gasteiger partial charge on any atom is -0.468 e. The Bertz CT molecular complexity index is 325. The Morgan fingerprint density at radius 1 is 1.53 bits per heavy atom. The lowest BCUT2D eigenvalue weighted by Gasteiger charge is -1.97. The van der Waals surface area contributed by atoms with Crippen LogP contribution < -0.4 is 0 Å². The molecule has 6 heteroatoms. The molecule has 0 unspecified atom stereocenters. The first-order valence-electron chi connectivity index (χ1n) is 4.63. The summed E-state index contributed by atoms with van der Waals surface area (Å²) in [6.07, 6.45) is 0.756. The molecule has 0 fully saturated rings. The van der Waals surface area contributed by atoms with E-state index in [2.05, 4.69) is 28.8 Å². The molecular formula is C9H14N2O3S. The highest BCUT2D eigenvalue weighted by molar-refractivity contribution is 7.99. The van der Waals surface area contributed by atoms with Crippen molar-refractivity contribution in [3.8, 4) is 0 Å². The predicted octanol–water partition coefficient (Wildman–Crippen LogP) is 1.53. The molecule has 0 bridgehead atoms. The summed E-state index contributed by atoms with van der Waals surface area (Å²) in [5.74, 6) is 0.977. The zero-order valence-corrected chi connectivity index (χ0v) is 9.84. The van der Waals surface area contributed by atoms with Crippen LogP contribution in [0.15, 0.2) is 9.64 Å². The molecule has 0 radical (unpaired) electrons. The molecule has 0 aliphatic heterocycles. The molecule has 0 N–H and O–H groups in total. The van der Waals surface area contributed by atoms with E-state index in [1.807, 2.05) is 0 Å². The van der Waals surface area contributed by atoms with Crippen LogP contribution in [0.2, 0.25) is 0 Å². The third-order valence-electron chi connectivity index (χ3n) is 1.57. The Hall–Kier alpha value is -1.04. The molecule has 0 aromatic carbocycles. The molecule has 0 saturated heterocycles. The summed E-state index contributed by atoms with van der Waals surface area (Å²) in [5.41, 5.74) is 0. The van der Waals surface area contributed by atoms with E-state index in [1.165, 1.54) is 18.9 Å². The molecule has 0 saturated carbocycles. The van der Waals surface area contributed by atoms with Gasteiger partial charge in [0.25, 0.3) is 5.22 Å². The summed E-state index contributed by atoms with van der Waals surface area (Å²) < 4.78 is 9.82. The maximum atomic E-state index is 10.8. The number of hydrogen-bond acceptors (Lipinski definition) is 6. The molecule has 1 heterocycles. The topological polar surface area (TPSA) is 65.2 Å². The largest absolute Gasteiger partial charge is 0.468 e. The highest BCUT2D eigenvalue weighted by atomic mass is 32.2. The molecule has 0 aliphatic carbocycles. The SMILES string of the molecule is COC(=O)CSc1nnc(CC(C)C)o1. The van der Waals surface area contributed by atoms with Gasteiger partial charge in [0.2, 0.25) is 5.89 Å². The van der Waals surface area contributed by atoms with Crippen molar-refractivity contribution in [2.45, 2.75) is 25.5 Å². The van der Waals surface area contributed by atoms with Gasteiger partial charge >= 0.3 is 5.97 Å². The molecule has 0 spiro atoms. The number of esters is 1. The first-order chi connectivity index (χ1) is 7.11. The summed E-state index contributed by atoms with van der Waals surface area (Å²) in [7, 11) is 1.35. The maximum Gasteiger partial charge on any atom is 0.316 e. The zero-order chi connectivity index (χ0) is 11.3. The first-order valence-corrected chi connectivity index (χ1v) is 5.62. The van der Waals surface area contributed by atoms with E-state index in [9.17, 15) is 4.79 Å². The van der Waals surface area contributed by atoms with Crippen molar-refractivity contribution in [1.82, 2.24) is 10.2 Å². The monoisotopic (exact) mass is 230 g/mol. The average Bonchev–Trinajstić information content (AvgIpc) is 2.61. The van der Waals surface area contributed by atoms with E-state index >= 15 is 0 Å². The lowest BCUT2D eigenvalue weighted by atomic mass is 10.1. The Labute approximate surface area is 92.6 Å². The van der Waals surface area contributed by atoms with E-state index in [-0.39, 0.29) is 11.7 Å². The Morgan fingerprint density at radius 3 is 2.87 bits per heavy atom. The predicted molar refractivity (Wildman–Crippen MR) is 55.6 cm³/mol. The molecule has 15 heavy (non-hydrogen) atoms. The molecular weight excluding hydrogens is 216 g/mol. The first kappa shape index (κ1) is 12.0. The summed E-state index contributed by atoms with van der Waals surface area (Å²) in [4.78, 5) is 10.8. The number of ether oxygens (including phenoxy) is 1. The van der Waals surface area contributed by atoms with Crippen LogP contribution >= 0.6 is 11.8 Å². The highest BCUT2D eigenvalue weighted by Crippen LogP contribution is 2.17. The van der Waals surface area contributed by atoms with Crippen molar-refractivity contribution in [2.24, 2.45) is 5.92 Å². The van der Waals surface area contributed by atoms with Crippen molar-refractivity contribution in [3.05, 3.63) is 5.89 Å². The van der Waals surface area contributed by atoms with Gasteiger partial charge in [0, 0.05) is 6.42 Å². The highest BCUT2D eigenvalue weighted by Gasteiger charge is 2.10. The lowest BCUT2D eigenvalue weighted by Crippen LogP contribution is -2.02. The van der Waals surface area contributed by atoms with Gasteiger partial charge in [-0.3, -0.25) is 4.79 Å². The fourth-order valence-electron chi connectivity index (χ4n) is 0.908. The zero-order valence-electron chi connectivity index (χ0n) is 9.02. The average molecular weight is 230 g/mol. The minimum atomic E-state index is -0.302. The van der Waals surface area contributed by atoms with Crippen LogP contribution in [0.5, 0.6) is 0 Å². The van der Waals surface area contributed by atoms with Crippen LogP contribution in [0.25, 0.3) is 0 Å². The number of rotatable bonds is 5. The fraction of sp³-hybridized carbons (Fsp3) is 0.667. The van der Waals surface area contributed by atoms with Gasteiger partial charge < -0.3 is 9.15 Å². The van der Waals surface area contributed by atoms with Crippen LogP contribution in [0, 0.1) is 5.92 Å². The van der Waals surface area contributed by atoms with Gasteiger partial charge in [-0.05, 0) is 5.92 Å². The Kier molecular flexibility index (Phi) is 4.61. The van der Waals surface area contributed by atoms with Crippen molar-refractivity contribution < 1.29 is 13.9 Å². The number of methoxy groups -OCH3 is 1. The molecule has 5 nitrogen and oxygen atoms in total. The van der Waals surface area contributed by atoms with Crippen LogP contribution in [0.4, 0.5) is 0 Å². The second-order valence-corrected chi connectivity index (χ2v) is 4.35. The van der Waals surface area contributed by atoms with E-state index < -0.39 is 0 Å². The number of carbonyl (C=O) groups excluding carboxylic acids is 1. The smallest absolute Gasteiger partial charge is 0.316 e. The van der Waals surface area contributed by atoms with Crippen LogP contribution in [-0.2, 0) is 16.0 Å². The van der Waals surface area contributed by atoms with Crippen LogP contribution in [-0.4, -0.2) is 29.0 Å². The standard InChI is InChI=1S/C9H14N2O3S/c1-6(2)4-7-10-11-9(14-7)15-5-8(12)13-3/h6H,4-5H2,1-3H3. The van der Waals surface area contributed by atoms with Crippen molar-refractivity contribution in [1.29, 1.82) is 0 Å². The maximum absolute atomic E-state index is 10.8. The summed E-state index contributed by atoms with van der Waals surface area (Å²) in [5, 5.41) is 8.10. The Morgan fingerprint density at radius 2 is 2.27 bits per heavy atom. The Balaban J connectivity index is 2.42. The molecule has 84 valence electrons. The second kappa shape index (κ2) is 5.75. The van der Waals surface area contributed by atoms with Gasteiger partial charge in [0.05, 0.1) is 7.11 Å². The fourth-order valence-corrected chi connectivity index (χ4v) is 1.52. The van der Waals surface area contributed by atoms with Gasteiger partial charge in [-0.25, -0.2) is 0 Å². The minimum absolute atomic E-state index is 0.194. The normalized spacial score (nSPS) is 10.7. The van der Waals surface area contributed by atoms with Crippen molar-refractivity contribution in [2.75, 3.05) is 12.9 Å². The number of carbonyl (C=O) groups is 1. The summed E-state index contributed by atoms with van der Waals surface area (Å²) >= 11 is 1.19. The van der Waals surface area contributed by atoms with E-state index in [1.54, 1.807) is 0 Å². The molecule has 1 aromatic rings. The lowest BCUT2D eigenvalue weighted by molar-refractivity contribution is -0.137. The molecule has 0 atom stereocenters. The van der Waals surface area contributed by atoms with Gasteiger partial charge in [-0.15, -0.1) is 10.2 Å². The van der Waals surface area contributed by atoms with E-state index in [0.717, 1.165) is 6.42 Å². The number of nitrogens with zero attached hydrogens (tertiary/aromatic N) is 2. The van der Waals surface area contributed by atoms with E-state index in [0.29, 0.717) is 17.0 Å². The van der Waals surface area contributed by atoms with Gasteiger partial charge in [-0.2, -0.15) is 0 Å². The summed E-state index contributed by atoms with van der Waals surface area (Å²) in [6, 6.07) is 0. The molecule has 0 aliphatic rings. The number of aromatic nitrogens is 2.